The van der Waals surface area contributed by atoms with E-state index in [1.54, 1.807) is 0 Å². The van der Waals surface area contributed by atoms with Gasteiger partial charge in [-0.1, -0.05) is 32.5 Å². The minimum absolute atomic E-state index is 0.0165. The number of nitro groups is 1. The van der Waals surface area contributed by atoms with Gasteiger partial charge in [0.2, 0.25) is 5.91 Å². The van der Waals surface area contributed by atoms with Gasteiger partial charge in [0.05, 0.1) is 16.4 Å². The van der Waals surface area contributed by atoms with E-state index in [-0.39, 0.29) is 27.2 Å². The first-order valence-electron chi connectivity index (χ1n) is 6.24. The third-order valence-corrected chi connectivity index (χ3v) is 5.38. The minimum atomic E-state index is -0.536. The molecule has 0 aliphatic carbocycles. The lowest BCUT2D eigenvalue weighted by Gasteiger charge is -2.14. The van der Waals surface area contributed by atoms with Crippen LogP contribution in [0.3, 0.4) is 0 Å². The standard InChI is InChI=1S/C12H14N4O3S3/c1-12(2,3)7-5-20-11(14-7)21-6-8(17)15-10-13-4-9(22-10)16(18)19/h4-5H,6H2,1-3H3,(H,13,15,17). The van der Waals surface area contributed by atoms with Gasteiger partial charge in [-0.05, 0) is 11.3 Å². The molecule has 0 fully saturated rings. The molecule has 2 aromatic rings. The summed E-state index contributed by atoms with van der Waals surface area (Å²) >= 11 is 3.67. The van der Waals surface area contributed by atoms with Gasteiger partial charge in [-0.15, -0.1) is 11.3 Å². The molecule has 1 amide bonds. The summed E-state index contributed by atoms with van der Waals surface area (Å²) in [6.07, 6.45) is 1.13. The average molecular weight is 358 g/mol. The van der Waals surface area contributed by atoms with Crippen molar-refractivity contribution in [1.29, 1.82) is 0 Å². The van der Waals surface area contributed by atoms with Gasteiger partial charge in [-0.2, -0.15) is 0 Å². The van der Waals surface area contributed by atoms with E-state index in [0.717, 1.165) is 27.6 Å². The van der Waals surface area contributed by atoms with E-state index in [9.17, 15) is 14.9 Å². The summed E-state index contributed by atoms with van der Waals surface area (Å²) in [7, 11) is 0. The Kier molecular flexibility index (Phi) is 5.14. The van der Waals surface area contributed by atoms with Gasteiger partial charge >= 0.3 is 5.00 Å². The third kappa shape index (κ3) is 4.49. The molecule has 0 spiro atoms. The van der Waals surface area contributed by atoms with Gasteiger partial charge in [-0.3, -0.25) is 14.9 Å². The van der Waals surface area contributed by atoms with E-state index in [1.807, 2.05) is 5.38 Å². The Morgan fingerprint density at radius 3 is 2.77 bits per heavy atom. The molecule has 0 bridgehead atoms. The van der Waals surface area contributed by atoms with Crippen molar-refractivity contribution in [3.05, 3.63) is 27.4 Å². The summed E-state index contributed by atoms with van der Waals surface area (Å²) in [6, 6.07) is 0. The van der Waals surface area contributed by atoms with Crippen LogP contribution in [0.4, 0.5) is 10.1 Å². The molecule has 0 radical (unpaired) electrons. The number of nitrogens with zero attached hydrogens (tertiary/aromatic N) is 3. The smallest absolute Gasteiger partial charge is 0.301 e. The maximum absolute atomic E-state index is 11.8. The van der Waals surface area contributed by atoms with Crippen LogP contribution >= 0.6 is 34.4 Å². The Morgan fingerprint density at radius 2 is 2.23 bits per heavy atom. The van der Waals surface area contributed by atoms with Crippen molar-refractivity contribution in [2.75, 3.05) is 11.1 Å². The zero-order chi connectivity index (χ0) is 16.3. The number of thioether (sulfide) groups is 1. The number of anilines is 1. The Balaban J connectivity index is 1.87. The highest BCUT2D eigenvalue weighted by molar-refractivity contribution is 8.01. The summed E-state index contributed by atoms with van der Waals surface area (Å²) in [5.41, 5.74) is 0.980. The molecule has 10 heteroatoms. The quantitative estimate of drug-likeness (QED) is 0.499. The molecule has 0 aliphatic rings. The van der Waals surface area contributed by atoms with Crippen LogP contribution in [0.1, 0.15) is 26.5 Å². The number of aromatic nitrogens is 2. The summed E-state index contributed by atoms with van der Waals surface area (Å²) in [5, 5.41) is 15.2. The number of carbonyl (C=O) groups excluding carboxylic acids is 1. The maximum Gasteiger partial charge on any atom is 0.345 e. The molecule has 2 rings (SSSR count). The van der Waals surface area contributed by atoms with E-state index >= 15 is 0 Å². The molecule has 7 nitrogen and oxygen atoms in total. The number of thiazole rings is 2. The van der Waals surface area contributed by atoms with Crippen molar-refractivity contribution >= 4 is 50.5 Å². The van der Waals surface area contributed by atoms with Crippen LogP contribution < -0.4 is 5.32 Å². The second kappa shape index (κ2) is 6.71. The first kappa shape index (κ1) is 16.8. The molecular formula is C12H14N4O3S3. The summed E-state index contributed by atoms with van der Waals surface area (Å²) < 4.78 is 0.824. The molecule has 2 aromatic heterocycles. The molecule has 118 valence electrons. The van der Waals surface area contributed by atoms with Crippen LogP contribution in [0.25, 0.3) is 0 Å². The lowest BCUT2D eigenvalue weighted by atomic mass is 9.93. The molecule has 2 heterocycles. The van der Waals surface area contributed by atoms with Gasteiger partial charge in [-0.25, -0.2) is 9.97 Å². The topological polar surface area (TPSA) is 98.0 Å². The molecular weight excluding hydrogens is 344 g/mol. The van der Waals surface area contributed by atoms with Gasteiger partial charge in [0.25, 0.3) is 0 Å². The average Bonchev–Trinajstić information content (AvgIpc) is 3.04. The lowest BCUT2D eigenvalue weighted by Crippen LogP contribution is -2.14. The van der Waals surface area contributed by atoms with Crippen molar-refractivity contribution in [2.45, 2.75) is 30.5 Å². The molecule has 0 saturated carbocycles. The number of carbonyl (C=O) groups is 1. The Bertz CT molecular complexity index is 690. The molecule has 0 aliphatic heterocycles. The summed E-state index contributed by atoms with van der Waals surface area (Å²) in [5.74, 6) is -0.0773. The lowest BCUT2D eigenvalue weighted by molar-refractivity contribution is -0.380. The molecule has 0 saturated heterocycles. The van der Waals surface area contributed by atoms with E-state index in [4.69, 9.17) is 0 Å². The molecule has 22 heavy (non-hydrogen) atoms. The normalized spacial score (nSPS) is 11.4. The van der Waals surface area contributed by atoms with E-state index < -0.39 is 4.92 Å². The fourth-order valence-corrected chi connectivity index (χ4v) is 3.86. The number of amides is 1. The van der Waals surface area contributed by atoms with Gasteiger partial charge in [0.1, 0.15) is 6.20 Å². The van der Waals surface area contributed by atoms with Crippen LogP contribution in [0, 0.1) is 10.1 Å². The van der Waals surface area contributed by atoms with Crippen molar-refractivity contribution in [2.24, 2.45) is 0 Å². The monoisotopic (exact) mass is 358 g/mol. The summed E-state index contributed by atoms with van der Waals surface area (Å²) in [6.45, 7) is 6.25. The minimum Gasteiger partial charge on any atom is -0.301 e. The van der Waals surface area contributed by atoms with Crippen molar-refractivity contribution in [3.8, 4) is 0 Å². The van der Waals surface area contributed by atoms with Crippen LogP contribution in [-0.4, -0.2) is 26.6 Å². The van der Waals surface area contributed by atoms with Gasteiger partial charge in [0.15, 0.2) is 9.47 Å². The maximum atomic E-state index is 11.8. The Labute approximate surface area is 139 Å². The van der Waals surface area contributed by atoms with Gasteiger partial charge in [0, 0.05) is 10.8 Å². The highest BCUT2D eigenvalue weighted by Crippen LogP contribution is 2.29. The van der Waals surface area contributed by atoms with Gasteiger partial charge < -0.3 is 5.32 Å². The largest absolute Gasteiger partial charge is 0.345 e. The molecule has 0 unspecified atom stereocenters. The predicted octanol–water partition coefficient (Wildman–Crippen LogP) is 3.54. The number of rotatable bonds is 5. The second-order valence-corrected chi connectivity index (χ2v) is 8.44. The Morgan fingerprint density at radius 1 is 1.50 bits per heavy atom. The fourth-order valence-electron chi connectivity index (χ4n) is 1.36. The predicted molar refractivity (Wildman–Crippen MR) is 88.9 cm³/mol. The molecule has 0 aromatic carbocycles. The first-order valence-corrected chi connectivity index (χ1v) is 8.93. The molecule has 1 N–H and O–H groups in total. The van der Waals surface area contributed by atoms with Crippen molar-refractivity contribution in [1.82, 2.24) is 9.97 Å². The van der Waals surface area contributed by atoms with Crippen LogP contribution in [-0.2, 0) is 10.2 Å². The number of hydrogen-bond acceptors (Lipinski definition) is 8. The zero-order valence-corrected chi connectivity index (χ0v) is 14.6. The highest BCUT2D eigenvalue weighted by atomic mass is 32.2. The van der Waals surface area contributed by atoms with Crippen LogP contribution in [0.2, 0.25) is 0 Å². The second-order valence-electron chi connectivity index (χ2n) is 5.35. The third-order valence-electron chi connectivity index (χ3n) is 2.50. The van der Waals surface area contributed by atoms with Crippen molar-refractivity contribution in [3.63, 3.8) is 0 Å². The van der Waals surface area contributed by atoms with E-state index in [1.165, 1.54) is 23.1 Å². The first-order chi connectivity index (χ1) is 10.3. The van der Waals surface area contributed by atoms with Crippen LogP contribution in [0.15, 0.2) is 15.9 Å². The zero-order valence-electron chi connectivity index (χ0n) is 12.2. The molecule has 0 atom stereocenters. The van der Waals surface area contributed by atoms with Crippen LogP contribution in [0.5, 0.6) is 0 Å². The SMILES string of the molecule is CC(C)(C)c1csc(SCC(=O)Nc2ncc([N+](=O)[O-])s2)n1. The van der Waals surface area contributed by atoms with E-state index in [2.05, 4.69) is 36.1 Å². The highest BCUT2D eigenvalue weighted by Gasteiger charge is 2.18. The Hall–Kier alpha value is -1.52. The van der Waals surface area contributed by atoms with Crippen molar-refractivity contribution < 1.29 is 9.72 Å². The fraction of sp³-hybridized carbons (Fsp3) is 0.417. The summed E-state index contributed by atoms with van der Waals surface area (Å²) in [4.78, 5) is 30.1. The number of hydrogen-bond donors (Lipinski definition) is 1. The van der Waals surface area contributed by atoms with E-state index in [0.29, 0.717) is 0 Å². The number of nitrogens with one attached hydrogen (secondary N) is 1.